The molecule has 1 amide bonds. The molecule has 0 radical (unpaired) electrons. The zero-order valence-corrected chi connectivity index (χ0v) is 16.7. The molecule has 1 N–H and O–H groups in total. The van der Waals surface area contributed by atoms with Gasteiger partial charge in [0.05, 0.1) is 31.7 Å². The molecule has 0 fully saturated rings. The third kappa shape index (κ3) is 5.46. The number of benzene rings is 2. The van der Waals surface area contributed by atoms with Gasteiger partial charge < -0.3 is 14.8 Å². The SMILES string of the molecule is COC(=O)c1ccc(N(CC(=O)NCc2ccccc2OC)S(C)(=O)=O)cc1. The van der Waals surface area contributed by atoms with Crippen LogP contribution < -0.4 is 14.4 Å². The number of nitrogens with zero attached hydrogens (tertiary/aromatic N) is 1. The maximum Gasteiger partial charge on any atom is 0.337 e. The number of anilines is 1. The number of carbonyl (C=O) groups is 2. The summed E-state index contributed by atoms with van der Waals surface area (Å²) in [5.74, 6) is -0.387. The lowest BCUT2D eigenvalue weighted by molar-refractivity contribution is -0.119. The van der Waals surface area contributed by atoms with Crippen molar-refractivity contribution in [3.05, 3.63) is 59.7 Å². The highest BCUT2D eigenvalue weighted by Crippen LogP contribution is 2.19. The second-order valence-electron chi connectivity index (χ2n) is 5.90. The first-order valence-electron chi connectivity index (χ1n) is 8.31. The molecule has 0 unspecified atom stereocenters. The van der Waals surface area contributed by atoms with E-state index >= 15 is 0 Å². The average molecular weight is 406 g/mol. The van der Waals surface area contributed by atoms with Crippen LogP contribution in [0.25, 0.3) is 0 Å². The molecule has 9 heteroatoms. The molecule has 0 heterocycles. The molecule has 28 heavy (non-hydrogen) atoms. The highest BCUT2D eigenvalue weighted by molar-refractivity contribution is 7.92. The van der Waals surface area contributed by atoms with Crippen molar-refractivity contribution >= 4 is 27.6 Å². The summed E-state index contributed by atoms with van der Waals surface area (Å²) >= 11 is 0. The number of hydrogen-bond acceptors (Lipinski definition) is 6. The number of hydrogen-bond donors (Lipinski definition) is 1. The van der Waals surface area contributed by atoms with E-state index in [4.69, 9.17) is 4.74 Å². The first-order chi connectivity index (χ1) is 13.3. The fraction of sp³-hybridized carbons (Fsp3) is 0.263. The van der Waals surface area contributed by atoms with Gasteiger partial charge in [-0.05, 0) is 30.3 Å². The van der Waals surface area contributed by atoms with Gasteiger partial charge in [-0.3, -0.25) is 9.10 Å². The number of ether oxygens (including phenoxy) is 2. The van der Waals surface area contributed by atoms with Crippen molar-refractivity contribution in [2.24, 2.45) is 0 Å². The molecule has 0 aliphatic heterocycles. The van der Waals surface area contributed by atoms with Gasteiger partial charge in [0.25, 0.3) is 0 Å². The van der Waals surface area contributed by atoms with Gasteiger partial charge in [0.1, 0.15) is 12.3 Å². The molecule has 0 aromatic heterocycles. The van der Waals surface area contributed by atoms with Crippen LogP contribution in [0.15, 0.2) is 48.5 Å². The molecule has 0 saturated carbocycles. The maximum absolute atomic E-state index is 12.3. The van der Waals surface area contributed by atoms with Crippen LogP contribution >= 0.6 is 0 Å². The van der Waals surface area contributed by atoms with Crippen LogP contribution in [0.1, 0.15) is 15.9 Å². The number of carbonyl (C=O) groups excluding carboxylic acids is 2. The van der Waals surface area contributed by atoms with Crippen molar-refractivity contribution in [1.29, 1.82) is 0 Å². The molecule has 0 aliphatic rings. The highest BCUT2D eigenvalue weighted by atomic mass is 32.2. The van der Waals surface area contributed by atoms with E-state index in [1.54, 1.807) is 12.1 Å². The normalized spacial score (nSPS) is 10.8. The first kappa shape index (κ1) is 21.2. The van der Waals surface area contributed by atoms with Gasteiger partial charge >= 0.3 is 5.97 Å². The Hall–Kier alpha value is -3.07. The predicted molar refractivity (Wildman–Crippen MR) is 105 cm³/mol. The second kappa shape index (κ2) is 9.23. The van der Waals surface area contributed by atoms with Crippen molar-refractivity contribution in [2.75, 3.05) is 31.3 Å². The Labute approximate surface area is 164 Å². The topological polar surface area (TPSA) is 102 Å². The molecule has 0 saturated heterocycles. The zero-order valence-electron chi connectivity index (χ0n) is 15.8. The number of esters is 1. The number of rotatable bonds is 8. The van der Waals surface area contributed by atoms with Gasteiger partial charge in [0.15, 0.2) is 0 Å². The largest absolute Gasteiger partial charge is 0.496 e. The van der Waals surface area contributed by atoms with Gasteiger partial charge in [-0.2, -0.15) is 0 Å². The van der Waals surface area contributed by atoms with E-state index in [1.165, 1.54) is 38.5 Å². The molecule has 0 bridgehead atoms. The number of amides is 1. The van der Waals surface area contributed by atoms with Gasteiger partial charge in [-0.1, -0.05) is 18.2 Å². The van der Waals surface area contributed by atoms with E-state index in [0.717, 1.165) is 16.1 Å². The fourth-order valence-corrected chi connectivity index (χ4v) is 3.37. The average Bonchev–Trinajstić information content (AvgIpc) is 2.69. The van der Waals surface area contributed by atoms with Crippen molar-refractivity contribution < 1.29 is 27.5 Å². The standard InChI is InChI=1S/C19H22N2O6S/c1-26-17-7-5-4-6-15(17)12-20-18(22)13-21(28(3,24)25)16-10-8-14(9-11-16)19(23)27-2/h4-11H,12-13H2,1-3H3,(H,20,22). The Morgan fingerprint density at radius 2 is 1.68 bits per heavy atom. The lowest BCUT2D eigenvalue weighted by Crippen LogP contribution is -2.40. The Bertz CT molecular complexity index is 941. The van der Waals surface area contributed by atoms with E-state index < -0.39 is 28.4 Å². The Balaban J connectivity index is 2.12. The van der Waals surface area contributed by atoms with Crippen molar-refractivity contribution in [2.45, 2.75) is 6.54 Å². The molecule has 2 aromatic rings. The molecule has 0 aliphatic carbocycles. The predicted octanol–water partition coefficient (Wildman–Crippen LogP) is 1.56. The summed E-state index contributed by atoms with van der Waals surface area (Å²) in [6.07, 6.45) is 1.01. The van der Waals surface area contributed by atoms with Gasteiger partial charge in [-0.15, -0.1) is 0 Å². The Morgan fingerprint density at radius 3 is 2.25 bits per heavy atom. The Morgan fingerprint density at radius 1 is 1.04 bits per heavy atom. The minimum Gasteiger partial charge on any atom is -0.496 e. The molecule has 0 atom stereocenters. The van der Waals surface area contributed by atoms with Crippen LogP contribution in [-0.2, 0) is 26.1 Å². The van der Waals surface area contributed by atoms with E-state index in [-0.39, 0.29) is 17.8 Å². The van der Waals surface area contributed by atoms with Crippen LogP contribution in [0.2, 0.25) is 0 Å². The summed E-state index contributed by atoms with van der Waals surface area (Å²) in [4.78, 5) is 23.8. The third-order valence-corrected chi connectivity index (χ3v) is 5.07. The lowest BCUT2D eigenvalue weighted by Gasteiger charge is -2.22. The second-order valence-corrected chi connectivity index (χ2v) is 7.80. The van der Waals surface area contributed by atoms with Crippen molar-refractivity contribution in [1.82, 2.24) is 5.32 Å². The van der Waals surface area contributed by atoms with Gasteiger partial charge in [-0.25, -0.2) is 13.2 Å². The molecule has 2 rings (SSSR count). The fourth-order valence-electron chi connectivity index (χ4n) is 2.51. The molecule has 2 aromatic carbocycles. The minimum atomic E-state index is -3.72. The molecular weight excluding hydrogens is 384 g/mol. The highest BCUT2D eigenvalue weighted by Gasteiger charge is 2.21. The minimum absolute atomic E-state index is 0.196. The van der Waals surface area contributed by atoms with Crippen LogP contribution in [0.3, 0.4) is 0 Å². The van der Waals surface area contributed by atoms with E-state index in [1.807, 2.05) is 12.1 Å². The van der Waals surface area contributed by atoms with Crippen molar-refractivity contribution in [3.8, 4) is 5.75 Å². The molecule has 0 spiro atoms. The van der Waals surface area contributed by atoms with Gasteiger partial charge in [0.2, 0.25) is 15.9 Å². The number of sulfonamides is 1. The van der Waals surface area contributed by atoms with Crippen LogP contribution in [0, 0.1) is 0 Å². The number of nitrogens with one attached hydrogen (secondary N) is 1. The zero-order chi connectivity index (χ0) is 20.7. The monoisotopic (exact) mass is 406 g/mol. The summed E-state index contributed by atoms with van der Waals surface area (Å²) in [5.41, 5.74) is 1.31. The lowest BCUT2D eigenvalue weighted by atomic mass is 10.2. The first-order valence-corrected chi connectivity index (χ1v) is 10.2. The number of methoxy groups -OCH3 is 2. The van der Waals surface area contributed by atoms with E-state index in [2.05, 4.69) is 10.1 Å². The van der Waals surface area contributed by atoms with Crippen LogP contribution in [-0.4, -0.2) is 47.3 Å². The van der Waals surface area contributed by atoms with E-state index in [0.29, 0.717) is 5.75 Å². The van der Waals surface area contributed by atoms with Crippen LogP contribution in [0.4, 0.5) is 5.69 Å². The van der Waals surface area contributed by atoms with Crippen molar-refractivity contribution in [3.63, 3.8) is 0 Å². The van der Waals surface area contributed by atoms with Gasteiger partial charge in [0, 0.05) is 12.1 Å². The summed E-state index contributed by atoms with van der Waals surface area (Å²) < 4.78 is 35.1. The Kier molecular flexibility index (Phi) is 7.00. The summed E-state index contributed by atoms with van der Waals surface area (Å²) in [6, 6.07) is 13.0. The summed E-state index contributed by atoms with van der Waals surface area (Å²) in [5, 5.41) is 2.69. The summed E-state index contributed by atoms with van der Waals surface area (Å²) in [7, 11) is -0.929. The third-order valence-electron chi connectivity index (χ3n) is 3.93. The quantitative estimate of drug-likeness (QED) is 0.668. The summed E-state index contributed by atoms with van der Waals surface area (Å²) in [6.45, 7) is -0.201. The smallest absolute Gasteiger partial charge is 0.337 e. The van der Waals surface area contributed by atoms with Crippen LogP contribution in [0.5, 0.6) is 5.75 Å². The molecule has 8 nitrogen and oxygen atoms in total. The van der Waals surface area contributed by atoms with E-state index in [9.17, 15) is 18.0 Å². The molecule has 150 valence electrons. The number of para-hydroxylation sites is 1. The maximum atomic E-state index is 12.3. The molecular formula is C19H22N2O6S.